The Labute approximate surface area is 91.4 Å². The van der Waals surface area contributed by atoms with Gasteiger partial charge >= 0.3 is 5.97 Å². The molecule has 0 amide bonds. The molecular formula is C12H19NO2. The number of hydrogen-bond donors (Lipinski definition) is 1. The van der Waals surface area contributed by atoms with Crippen molar-refractivity contribution in [3.05, 3.63) is 11.6 Å². The summed E-state index contributed by atoms with van der Waals surface area (Å²) in [7, 11) is 0. The fourth-order valence-corrected chi connectivity index (χ4v) is 1.63. The summed E-state index contributed by atoms with van der Waals surface area (Å²) in [6.07, 6.45) is 3.17. The second-order valence-electron chi connectivity index (χ2n) is 5.14. The van der Waals surface area contributed by atoms with Crippen LogP contribution < -0.4 is 0 Å². The van der Waals surface area contributed by atoms with Crippen molar-refractivity contribution in [2.75, 3.05) is 0 Å². The lowest BCUT2D eigenvalue weighted by atomic mass is 9.84. The van der Waals surface area contributed by atoms with Crippen LogP contribution in [-0.2, 0) is 4.79 Å². The molecule has 0 bridgehead atoms. The zero-order valence-corrected chi connectivity index (χ0v) is 9.87. The maximum absolute atomic E-state index is 10.5. The highest BCUT2D eigenvalue weighted by atomic mass is 16.4. The lowest BCUT2D eigenvalue weighted by molar-refractivity contribution is -0.132. The first-order valence-electron chi connectivity index (χ1n) is 5.10. The molecule has 1 atom stereocenters. The standard InChI is InChI=1S/C12H19NO2/c1-9(7-12(2,3)4)5-6-10(8-13)11(14)15/h6,9H,5,7H2,1-4H3,(H,14,15). The van der Waals surface area contributed by atoms with Crippen molar-refractivity contribution in [1.29, 1.82) is 5.26 Å². The molecule has 0 aliphatic heterocycles. The smallest absolute Gasteiger partial charge is 0.346 e. The number of nitriles is 1. The van der Waals surface area contributed by atoms with Gasteiger partial charge in [0.2, 0.25) is 0 Å². The molecular weight excluding hydrogens is 190 g/mol. The Bertz CT molecular complexity index is 292. The Morgan fingerprint density at radius 1 is 1.53 bits per heavy atom. The minimum absolute atomic E-state index is 0.157. The summed E-state index contributed by atoms with van der Waals surface area (Å²) in [4.78, 5) is 10.5. The van der Waals surface area contributed by atoms with Gasteiger partial charge in [0.05, 0.1) is 0 Å². The van der Waals surface area contributed by atoms with Gasteiger partial charge < -0.3 is 5.11 Å². The highest BCUT2D eigenvalue weighted by Crippen LogP contribution is 2.26. The number of allylic oxidation sites excluding steroid dienone is 1. The SMILES string of the molecule is CC(CC=C(C#N)C(=O)O)CC(C)(C)C. The second-order valence-corrected chi connectivity index (χ2v) is 5.14. The lowest BCUT2D eigenvalue weighted by Crippen LogP contribution is -2.10. The summed E-state index contributed by atoms with van der Waals surface area (Å²) in [5, 5.41) is 17.2. The van der Waals surface area contributed by atoms with Gasteiger partial charge in [-0.1, -0.05) is 33.8 Å². The van der Waals surface area contributed by atoms with Crippen molar-refractivity contribution in [1.82, 2.24) is 0 Å². The third-order valence-corrected chi connectivity index (χ3v) is 2.04. The molecule has 15 heavy (non-hydrogen) atoms. The second kappa shape index (κ2) is 5.55. The van der Waals surface area contributed by atoms with Gasteiger partial charge in [0.25, 0.3) is 0 Å². The first-order valence-corrected chi connectivity index (χ1v) is 5.10. The van der Waals surface area contributed by atoms with E-state index in [-0.39, 0.29) is 11.0 Å². The van der Waals surface area contributed by atoms with Crippen LogP contribution in [0.4, 0.5) is 0 Å². The summed E-state index contributed by atoms with van der Waals surface area (Å²) in [5.41, 5.74) is 0.0827. The average Bonchev–Trinajstić information content (AvgIpc) is 2.01. The molecule has 0 saturated carbocycles. The van der Waals surface area contributed by atoms with E-state index >= 15 is 0 Å². The van der Waals surface area contributed by atoms with Crippen LogP contribution in [0.5, 0.6) is 0 Å². The minimum Gasteiger partial charge on any atom is -0.477 e. The van der Waals surface area contributed by atoms with Gasteiger partial charge in [0, 0.05) is 0 Å². The van der Waals surface area contributed by atoms with Crippen LogP contribution in [-0.4, -0.2) is 11.1 Å². The number of aliphatic carboxylic acids is 1. The molecule has 0 aromatic rings. The molecule has 1 N–H and O–H groups in total. The third-order valence-electron chi connectivity index (χ3n) is 2.04. The Balaban J connectivity index is 4.27. The molecule has 0 rings (SSSR count). The fourth-order valence-electron chi connectivity index (χ4n) is 1.63. The Hall–Kier alpha value is -1.30. The van der Waals surface area contributed by atoms with Gasteiger partial charge in [0.15, 0.2) is 0 Å². The fraction of sp³-hybridized carbons (Fsp3) is 0.667. The molecule has 0 aliphatic carbocycles. The van der Waals surface area contributed by atoms with Gasteiger partial charge in [-0.15, -0.1) is 0 Å². The van der Waals surface area contributed by atoms with Gasteiger partial charge in [0.1, 0.15) is 11.6 Å². The van der Waals surface area contributed by atoms with Crippen molar-refractivity contribution < 1.29 is 9.90 Å². The number of carboxylic acids is 1. The van der Waals surface area contributed by atoms with E-state index in [0.29, 0.717) is 12.3 Å². The van der Waals surface area contributed by atoms with E-state index in [1.807, 2.05) is 0 Å². The van der Waals surface area contributed by atoms with Crippen LogP contribution in [0.25, 0.3) is 0 Å². The topological polar surface area (TPSA) is 61.1 Å². The van der Waals surface area contributed by atoms with Crippen LogP contribution >= 0.6 is 0 Å². The first kappa shape index (κ1) is 13.7. The van der Waals surface area contributed by atoms with Gasteiger partial charge in [-0.2, -0.15) is 5.26 Å². The van der Waals surface area contributed by atoms with E-state index in [1.165, 1.54) is 6.08 Å². The maximum atomic E-state index is 10.5. The predicted octanol–water partition coefficient (Wildman–Crippen LogP) is 2.98. The predicted molar refractivity (Wildman–Crippen MR) is 59.2 cm³/mol. The van der Waals surface area contributed by atoms with Crippen LogP contribution in [0.15, 0.2) is 11.6 Å². The van der Waals surface area contributed by atoms with Crippen LogP contribution in [0.2, 0.25) is 0 Å². The quantitative estimate of drug-likeness (QED) is 0.572. The maximum Gasteiger partial charge on any atom is 0.346 e. The number of nitrogens with zero attached hydrogens (tertiary/aromatic N) is 1. The summed E-state index contributed by atoms with van der Waals surface area (Å²) >= 11 is 0. The van der Waals surface area contributed by atoms with Crippen molar-refractivity contribution >= 4 is 5.97 Å². The van der Waals surface area contributed by atoms with E-state index in [0.717, 1.165) is 6.42 Å². The number of carboxylic acid groups (broad SMARTS) is 1. The van der Waals surface area contributed by atoms with Gasteiger partial charge in [-0.25, -0.2) is 4.79 Å². The molecule has 3 heteroatoms. The molecule has 0 fully saturated rings. The highest BCUT2D eigenvalue weighted by molar-refractivity contribution is 5.90. The normalized spacial score (nSPS) is 14.5. The van der Waals surface area contributed by atoms with Gasteiger partial charge in [-0.05, 0) is 24.2 Å². The summed E-state index contributed by atoms with van der Waals surface area (Å²) < 4.78 is 0. The monoisotopic (exact) mass is 209 g/mol. The number of rotatable bonds is 4. The van der Waals surface area contributed by atoms with Crippen molar-refractivity contribution in [3.63, 3.8) is 0 Å². The van der Waals surface area contributed by atoms with Crippen molar-refractivity contribution in [2.24, 2.45) is 11.3 Å². The molecule has 0 spiro atoms. The zero-order valence-electron chi connectivity index (χ0n) is 9.87. The molecule has 0 aromatic heterocycles. The van der Waals surface area contributed by atoms with Crippen molar-refractivity contribution in [3.8, 4) is 6.07 Å². The molecule has 0 heterocycles. The third kappa shape index (κ3) is 6.73. The van der Waals surface area contributed by atoms with Gasteiger partial charge in [-0.3, -0.25) is 0 Å². The highest BCUT2D eigenvalue weighted by Gasteiger charge is 2.15. The Morgan fingerprint density at radius 3 is 2.40 bits per heavy atom. The molecule has 0 aromatic carbocycles. The number of carbonyl (C=O) groups is 1. The van der Waals surface area contributed by atoms with E-state index < -0.39 is 5.97 Å². The summed E-state index contributed by atoms with van der Waals surface area (Å²) in [5.74, 6) is -0.742. The van der Waals surface area contributed by atoms with E-state index in [1.54, 1.807) is 6.07 Å². The molecule has 3 nitrogen and oxygen atoms in total. The van der Waals surface area contributed by atoms with E-state index in [2.05, 4.69) is 27.7 Å². The van der Waals surface area contributed by atoms with E-state index in [9.17, 15) is 4.79 Å². The molecule has 0 aliphatic rings. The lowest BCUT2D eigenvalue weighted by Gasteiger charge is -2.22. The van der Waals surface area contributed by atoms with Crippen molar-refractivity contribution in [2.45, 2.75) is 40.5 Å². The Kier molecular flexibility index (Phi) is 5.07. The molecule has 0 saturated heterocycles. The van der Waals surface area contributed by atoms with Crippen LogP contribution in [0.1, 0.15) is 40.5 Å². The zero-order chi connectivity index (χ0) is 12.1. The van der Waals surface area contributed by atoms with Crippen LogP contribution in [0, 0.1) is 22.7 Å². The molecule has 1 unspecified atom stereocenters. The molecule has 84 valence electrons. The largest absolute Gasteiger partial charge is 0.477 e. The summed E-state index contributed by atoms with van der Waals surface area (Å²) in [6, 6.07) is 1.68. The number of hydrogen-bond acceptors (Lipinski definition) is 2. The average molecular weight is 209 g/mol. The summed E-state index contributed by atoms with van der Waals surface area (Å²) in [6.45, 7) is 8.51. The van der Waals surface area contributed by atoms with Crippen LogP contribution in [0.3, 0.4) is 0 Å². The first-order chi connectivity index (χ1) is 6.76. The van der Waals surface area contributed by atoms with E-state index in [4.69, 9.17) is 10.4 Å². The minimum atomic E-state index is -1.14. The Morgan fingerprint density at radius 2 is 2.07 bits per heavy atom. The molecule has 0 radical (unpaired) electrons.